The van der Waals surface area contributed by atoms with Crippen molar-refractivity contribution in [2.45, 2.75) is 37.6 Å². The summed E-state index contributed by atoms with van der Waals surface area (Å²) in [7, 11) is 0. The van der Waals surface area contributed by atoms with Crippen LogP contribution in [0.25, 0.3) is 5.69 Å². The van der Waals surface area contributed by atoms with Gasteiger partial charge in [0.1, 0.15) is 5.54 Å². The van der Waals surface area contributed by atoms with Crippen LogP contribution in [0.3, 0.4) is 0 Å². The van der Waals surface area contributed by atoms with Crippen LogP contribution in [-0.2, 0) is 4.79 Å². The summed E-state index contributed by atoms with van der Waals surface area (Å²) in [5.74, 6) is -0.403. The third-order valence-electron chi connectivity index (χ3n) is 5.49. The van der Waals surface area contributed by atoms with Gasteiger partial charge in [0.25, 0.3) is 11.8 Å². The number of aromatic nitrogens is 2. The zero-order chi connectivity index (χ0) is 20.4. The fourth-order valence-electron chi connectivity index (χ4n) is 3.95. The van der Waals surface area contributed by atoms with Crippen molar-refractivity contribution in [2.75, 3.05) is 13.1 Å². The van der Waals surface area contributed by atoms with E-state index in [1.807, 2.05) is 18.2 Å². The first-order valence-corrected chi connectivity index (χ1v) is 10.1. The molecule has 0 atom stereocenters. The lowest BCUT2D eigenvalue weighted by Gasteiger charge is -2.20. The van der Waals surface area contributed by atoms with Gasteiger partial charge in [0.05, 0.1) is 22.5 Å². The number of benzene rings is 1. The Hall–Kier alpha value is -2.87. The summed E-state index contributed by atoms with van der Waals surface area (Å²) in [6.45, 7) is 0.631. The third-order valence-corrected chi connectivity index (χ3v) is 5.81. The lowest BCUT2D eigenvalue weighted by molar-refractivity contribution is -0.131. The van der Waals surface area contributed by atoms with Crippen LogP contribution in [0, 0.1) is 0 Å². The van der Waals surface area contributed by atoms with Crippen molar-refractivity contribution < 1.29 is 14.4 Å². The van der Waals surface area contributed by atoms with Gasteiger partial charge in [0, 0.05) is 19.3 Å². The molecule has 4 amide bonds. The van der Waals surface area contributed by atoms with Crippen LogP contribution >= 0.6 is 11.6 Å². The van der Waals surface area contributed by atoms with Crippen LogP contribution in [-0.4, -0.2) is 51.2 Å². The Morgan fingerprint density at radius 2 is 2.00 bits per heavy atom. The van der Waals surface area contributed by atoms with E-state index in [4.69, 9.17) is 11.6 Å². The molecule has 1 aliphatic carbocycles. The number of carbonyl (C=O) groups is 3. The fourth-order valence-corrected chi connectivity index (χ4v) is 4.17. The third kappa shape index (κ3) is 3.72. The molecule has 2 fully saturated rings. The Morgan fingerprint density at radius 3 is 2.76 bits per heavy atom. The maximum atomic E-state index is 12.6. The van der Waals surface area contributed by atoms with Gasteiger partial charge in [-0.1, -0.05) is 36.6 Å². The van der Waals surface area contributed by atoms with Gasteiger partial charge in [-0.3, -0.25) is 14.5 Å². The molecule has 0 unspecified atom stereocenters. The molecule has 29 heavy (non-hydrogen) atoms. The number of urea groups is 1. The van der Waals surface area contributed by atoms with Crippen molar-refractivity contribution in [3.8, 4) is 5.69 Å². The zero-order valence-corrected chi connectivity index (χ0v) is 16.6. The summed E-state index contributed by atoms with van der Waals surface area (Å²) < 4.78 is 1.55. The molecule has 2 N–H and O–H groups in total. The Balaban J connectivity index is 1.28. The lowest BCUT2D eigenvalue weighted by Crippen LogP contribution is -2.44. The highest BCUT2D eigenvalue weighted by Crippen LogP contribution is 2.35. The van der Waals surface area contributed by atoms with E-state index in [1.165, 1.54) is 11.1 Å². The molecular formula is C20H22ClN5O3. The van der Waals surface area contributed by atoms with E-state index < -0.39 is 5.54 Å². The van der Waals surface area contributed by atoms with Crippen LogP contribution in [0.15, 0.2) is 36.7 Å². The van der Waals surface area contributed by atoms with E-state index in [0.717, 1.165) is 12.8 Å². The molecule has 152 valence electrons. The molecule has 8 nitrogen and oxygen atoms in total. The molecule has 1 saturated heterocycles. The van der Waals surface area contributed by atoms with Crippen molar-refractivity contribution in [1.29, 1.82) is 0 Å². The van der Waals surface area contributed by atoms with E-state index in [2.05, 4.69) is 15.7 Å². The summed E-state index contributed by atoms with van der Waals surface area (Å²) in [6, 6.07) is 6.90. The molecule has 4 rings (SSSR count). The van der Waals surface area contributed by atoms with Crippen molar-refractivity contribution in [3.05, 3.63) is 47.2 Å². The highest BCUT2D eigenvalue weighted by atomic mass is 35.5. The maximum absolute atomic E-state index is 12.6. The second-order valence-corrected chi connectivity index (χ2v) is 7.82. The molecule has 1 saturated carbocycles. The van der Waals surface area contributed by atoms with Gasteiger partial charge >= 0.3 is 6.03 Å². The number of hydrogen-bond donors (Lipinski definition) is 2. The number of hydrogen-bond acceptors (Lipinski definition) is 4. The summed E-state index contributed by atoms with van der Waals surface area (Å²) >= 11 is 6.15. The number of amides is 4. The molecule has 9 heteroatoms. The Morgan fingerprint density at radius 1 is 1.24 bits per heavy atom. The van der Waals surface area contributed by atoms with Gasteiger partial charge < -0.3 is 10.6 Å². The minimum atomic E-state index is -0.687. The van der Waals surface area contributed by atoms with E-state index in [9.17, 15) is 14.4 Å². The SMILES string of the molecule is O=C(NCCCN1C(=O)NC2(CCCC2)C1=O)c1cnn(-c2ccccc2Cl)c1. The molecule has 1 aromatic heterocycles. The van der Waals surface area contributed by atoms with Gasteiger partial charge in [-0.05, 0) is 31.4 Å². The van der Waals surface area contributed by atoms with E-state index >= 15 is 0 Å². The number of halogens is 1. The van der Waals surface area contributed by atoms with E-state index in [1.54, 1.807) is 16.9 Å². The molecular weight excluding hydrogens is 394 g/mol. The Labute approximate surface area is 173 Å². The number of carbonyl (C=O) groups excluding carboxylic acids is 3. The standard InChI is InChI=1S/C20H22ClN5O3/c21-15-6-1-2-7-16(15)26-13-14(12-23-26)17(27)22-10-5-11-25-18(28)20(24-19(25)29)8-3-4-9-20/h1-2,6-7,12-13H,3-5,8-11H2,(H,22,27)(H,24,29). The first kappa shape index (κ1) is 19.4. The fraction of sp³-hybridized carbons (Fsp3) is 0.400. The monoisotopic (exact) mass is 415 g/mol. The smallest absolute Gasteiger partial charge is 0.325 e. The minimum Gasteiger partial charge on any atom is -0.352 e. The molecule has 2 aliphatic rings. The van der Waals surface area contributed by atoms with Crippen LogP contribution in [0.2, 0.25) is 5.02 Å². The number of nitrogens with one attached hydrogen (secondary N) is 2. The molecule has 1 spiro atoms. The first-order chi connectivity index (χ1) is 14.0. The predicted octanol–water partition coefficient (Wildman–Crippen LogP) is 2.51. The van der Waals surface area contributed by atoms with Crippen molar-refractivity contribution >= 4 is 29.4 Å². The van der Waals surface area contributed by atoms with Crippen LogP contribution in [0.4, 0.5) is 4.79 Å². The van der Waals surface area contributed by atoms with Crippen molar-refractivity contribution in [2.24, 2.45) is 0 Å². The average Bonchev–Trinajstić information content (AvgIpc) is 3.42. The van der Waals surface area contributed by atoms with Gasteiger partial charge in [0.2, 0.25) is 0 Å². The molecule has 1 aromatic carbocycles. The Kier molecular flexibility index (Phi) is 5.27. The number of nitrogens with zero attached hydrogens (tertiary/aromatic N) is 3. The highest BCUT2D eigenvalue weighted by molar-refractivity contribution is 6.32. The number of rotatable bonds is 6. The second kappa shape index (κ2) is 7.87. The second-order valence-electron chi connectivity index (χ2n) is 7.41. The molecule has 0 radical (unpaired) electrons. The van der Waals surface area contributed by atoms with Crippen molar-refractivity contribution in [3.63, 3.8) is 0 Å². The topological polar surface area (TPSA) is 96.3 Å². The molecule has 2 heterocycles. The van der Waals surface area contributed by atoms with Crippen molar-refractivity contribution in [1.82, 2.24) is 25.3 Å². The largest absolute Gasteiger partial charge is 0.352 e. The highest BCUT2D eigenvalue weighted by Gasteiger charge is 2.51. The van der Waals surface area contributed by atoms with Gasteiger partial charge in [0.15, 0.2) is 0 Å². The predicted molar refractivity (Wildman–Crippen MR) is 107 cm³/mol. The lowest BCUT2D eigenvalue weighted by atomic mass is 9.98. The van der Waals surface area contributed by atoms with Crippen LogP contribution in [0.1, 0.15) is 42.5 Å². The van der Waals surface area contributed by atoms with Gasteiger partial charge in [-0.2, -0.15) is 5.10 Å². The summed E-state index contributed by atoms with van der Waals surface area (Å²) in [5, 5.41) is 10.4. The van der Waals surface area contributed by atoms with Gasteiger partial charge in [-0.15, -0.1) is 0 Å². The summed E-state index contributed by atoms with van der Waals surface area (Å²) in [4.78, 5) is 38.3. The average molecular weight is 416 g/mol. The van der Waals surface area contributed by atoms with E-state index in [-0.39, 0.29) is 24.4 Å². The number of imide groups is 1. The quantitative estimate of drug-likeness (QED) is 0.559. The molecule has 1 aliphatic heterocycles. The minimum absolute atomic E-state index is 0.132. The van der Waals surface area contributed by atoms with Gasteiger partial charge in [-0.25, -0.2) is 9.48 Å². The van der Waals surface area contributed by atoms with E-state index in [0.29, 0.717) is 42.1 Å². The molecule has 0 bridgehead atoms. The normalized spacial score (nSPS) is 17.8. The molecule has 2 aromatic rings. The summed E-state index contributed by atoms with van der Waals surface area (Å²) in [6.07, 6.45) is 6.90. The number of para-hydroxylation sites is 1. The van der Waals surface area contributed by atoms with Crippen LogP contribution < -0.4 is 10.6 Å². The van der Waals surface area contributed by atoms with Crippen LogP contribution in [0.5, 0.6) is 0 Å². The zero-order valence-electron chi connectivity index (χ0n) is 15.9. The first-order valence-electron chi connectivity index (χ1n) is 9.72. The summed E-state index contributed by atoms with van der Waals surface area (Å²) in [5.41, 5.74) is 0.408. The Bertz CT molecular complexity index is 951. The maximum Gasteiger partial charge on any atom is 0.325 e.